The Hall–Kier alpha value is -1.64. The highest BCUT2D eigenvalue weighted by atomic mass is 32.2. The van der Waals surface area contributed by atoms with Crippen molar-refractivity contribution in [1.82, 2.24) is 0 Å². The molecular formula is C14H17N3S. The van der Waals surface area contributed by atoms with Crippen LogP contribution in [0.15, 0.2) is 64.0 Å². The van der Waals surface area contributed by atoms with Gasteiger partial charge in [-0.1, -0.05) is 53.8 Å². The van der Waals surface area contributed by atoms with Gasteiger partial charge in [-0.05, 0) is 36.9 Å². The van der Waals surface area contributed by atoms with Crippen LogP contribution in [0.5, 0.6) is 0 Å². The van der Waals surface area contributed by atoms with Crippen molar-refractivity contribution < 1.29 is 0 Å². The van der Waals surface area contributed by atoms with E-state index < -0.39 is 0 Å². The largest absolute Gasteiger partial charge is 0.0980 e. The maximum Gasteiger partial charge on any atom is 0.0258 e. The minimum Gasteiger partial charge on any atom is -0.0980 e. The van der Waals surface area contributed by atoms with Gasteiger partial charge in [-0.25, -0.2) is 0 Å². The molecule has 4 heteroatoms. The highest BCUT2D eigenvalue weighted by molar-refractivity contribution is 8.03. The number of azide groups is 1. The number of hydrogen-bond acceptors (Lipinski definition) is 2. The van der Waals surface area contributed by atoms with Crippen LogP contribution in [0, 0.1) is 0 Å². The molecule has 94 valence electrons. The number of hydrogen-bond donors (Lipinski definition) is 0. The summed E-state index contributed by atoms with van der Waals surface area (Å²) in [5, 5.41) is 3.51. The summed E-state index contributed by atoms with van der Waals surface area (Å²) < 4.78 is 0. The molecule has 0 atom stereocenters. The van der Waals surface area contributed by atoms with Crippen LogP contribution >= 0.6 is 11.8 Å². The molecule has 1 rings (SSSR count). The molecule has 0 saturated heterocycles. The summed E-state index contributed by atoms with van der Waals surface area (Å²) in [4.78, 5) is 5.12. The molecule has 0 aromatic heterocycles. The van der Waals surface area contributed by atoms with Gasteiger partial charge in [-0.2, -0.15) is 0 Å². The van der Waals surface area contributed by atoms with Gasteiger partial charge < -0.3 is 0 Å². The molecule has 0 heterocycles. The molecular weight excluding hydrogens is 242 g/mol. The molecule has 1 aromatic carbocycles. The quantitative estimate of drug-likeness (QED) is 0.155. The summed E-state index contributed by atoms with van der Waals surface area (Å²) in [6, 6.07) is 10.2. The first-order valence-electron chi connectivity index (χ1n) is 5.93. The lowest BCUT2D eigenvalue weighted by Gasteiger charge is -2.02. The fourth-order valence-electron chi connectivity index (χ4n) is 1.41. The van der Waals surface area contributed by atoms with Gasteiger partial charge in [0.15, 0.2) is 0 Å². The fraction of sp³-hybridized carbons (Fsp3) is 0.286. The van der Waals surface area contributed by atoms with Gasteiger partial charge in [-0.3, -0.25) is 0 Å². The lowest BCUT2D eigenvalue weighted by molar-refractivity contribution is 0.755. The van der Waals surface area contributed by atoms with Crippen molar-refractivity contribution in [2.24, 2.45) is 5.11 Å². The Morgan fingerprint density at radius 3 is 2.78 bits per heavy atom. The Balaban J connectivity index is 2.36. The molecule has 1 aromatic rings. The van der Waals surface area contributed by atoms with Crippen molar-refractivity contribution in [3.8, 4) is 0 Å². The zero-order valence-electron chi connectivity index (χ0n) is 10.3. The average Bonchev–Trinajstić information content (AvgIpc) is 2.42. The van der Waals surface area contributed by atoms with Gasteiger partial charge in [0.05, 0.1) is 0 Å². The molecule has 0 amide bonds. The molecule has 0 radical (unpaired) electrons. The summed E-state index contributed by atoms with van der Waals surface area (Å²) in [5.74, 6) is 0. The Morgan fingerprint density at radius 1 is 1.33 bits per heavy atom. The molecule has 0 N–H and O–H groups in total. The molecule has 0 aliphatic rings. The van der Waals surface area contributed by atoms with E-state index in [1.807, 2.05) is 24.3 Å². The Morgan fingerprint density at radius 2 is 2.11 bits per heavy atom. The van der Waals surface area contributed by atoms with E-state index in [0.29, 0.717) is 6.54 Å². The zero-order valence-corrected chi connectivity index (χ0v) is 11.1. The maximum atomic E-state index is 8.14. The smallest absolute Gasteiger partial charge is 0.0258 e. The highest BCUT2D eigenvalue weighted by Gasteiger charge is 1.95. The normalized spacial score (nSPS) is 10.8. The van der Waals surface area contributed by atoms with Crippen LogP contribution in [0.25, 0.3) is 10.4 Å². The predicted octanol–water partition coefficient (Wildman–Crippen LogP) is 5.33. The summed E-state index contributed by atoms with van der Waals surface area (Å²) in [6.07, 6.45) is 7.01. The molecule has 0 aliphatic heterocycles. The van der Waals surface area contributed by atoms with E-state index >= 15 is 0 Å². The Labute approximate surface area is 112 Å². The van der Waals surface area contributed by atoms with Gasteiger partial charge in [0.2, 0.25) is 0 Å². The summed E-state index contributed by atoms with van der Waals surface area (Å²) in [6.45, 7) is 4.41. The average molecular weight is 259 g/mol. The van der Waals surface area contributed by atoms with Gasteiger partial charge in [0.1, 0.15) is 0 Å². The van der Waals surface area contributed by atoms with Crippen molar-refractivity contribution in [3.05, 3.63) is 64.4 Å². The minimum atomic E-state index is 0.583. The number of allylic oxidation sites excluding steroid dienone is 2. The van der Waals surface area contributed by atoms with E-state index in [9.17, 15) is 0 Å². The van der Waals surface area contributed by atoms with E-state index in [1.165, 1.54) is 9.80 Å². The minimum absolute atomic E-state index is 0.583. The van der Waals surface area contributed by atoms with Gasteiger partial charge in [-0.15, -0.1) is 0 Å². The zero-order chi connectivity index (χ0) is 13.1. The van der Waals surface area contributed by atoms with Crippen molar-refractivity contribution >= 4 is 11.8 Å². The third-order valence-electron chi connectivity index (χ3n) is 2.30. The van der Waals surface area contributed by atoms with Gasteiger partial charge in [0.25, 0.3) is 0 Å². The van der Waals surface area contributed by atoms with E-state index in [2.05, 4.69) is 34.8 Å². The number of rotatable bonds is 8. The van der Waals surface area contributed by atoms with Crippen LogP contribution in [0.4, 0.5) is 0 Å². The van der Waals surface area contributed by atoms with E-state index in [-0.39, 0.29) is 0 Å². The SMILES string of the molecule is C=C/C(=C\CCCCN=[N+]=[N-])Sc1ccccc1. The van der Waals surface area contributed by atoms with Crippen molar-refractivity contribution in [2.45, 2.75) is 24.2 Å². The standard InChI is InChI=1S/C14H17N3S/c1-2-13(9-7-4-8-12-16-17-15)18-14-10-5-3-6-11-14/h2-3,5-6,9-11H,1,4,7-8,12H2/b13-9+. The summed E-state index contributed by atoms with van der Waals surface area (Å²) >= 11 is 1.72. The van der Waals surface area contributed by atoms with Crippen molar-refractivity contribution in [2.75, 3.05) is 6.54 Å². The van der Waals surface area contributed by atoms with Crippen LogP contribution in [-0.4, -0.2) is 6.54 Å². The molecule has 0 spiro atoms. The molecule has 0 bridgehead atoms. The molecule has 0 saturated carbocycles. The maximum absolute atomic E-state index is 8.14. The van der Waals surface area contributed by atoms with Gasteiger partial charge in [0, 0.05) is 21.3 Å². The van der Waals surface area contributed by atoms with Gasteiger partial charge >= 0.3 is 0 Å². The van der Waals surface area contributed by atoms with Crippen LogP contribution in [0.3, 0.4) is 0 Å². The third kappa shape index (κ3) is 6.18. The van der Waals surface area contributed by atoms with Crippen LogP contribution in [0.1, 0.15) is 19.3 Å². The first-order chi connectivity index (χ1) is 8.86. The molecule has 3 nitrogen and oxygen atoms in total. The van der Waals surface area contributed by atoms with E-state index in [1.54, 1.807) is 11.8 Å². The Bertz CT molecular complexity index is 434. The summed E-state index contributed by atoms with van der Waals surface area (Å²) in [7, 11) is 0. The van der Waals surface area contributed by atoms with Crippen molar-refractivity contribution in [1.29, 1.82) is 0 Å². The summed E-state index contributed by atoms with van der Waals surface area (Å²) in [5.41, 5.74) is 8.14. The first kappa shape index (κ1) is 14.4. The highest BCUT2D eigenvalue weighted by Crippen LogP contribution is 2.27. The second kappa shape index (κ2) is 9.40. The number of benzene rings is 1. The van der Waals surface area contributed by atoms with Crippen LogP contribution in [-0.2, 0) is 0 Å². The second-order valence-corrected chi connectivity index (χ2v) is 4.82. The molecule has 18 heavy (non-hydrogen) atoms. The fourth-order valence-corrected chi connectivity index (χ4v) is 2.26. The number of thioether (sulfide) groups is 1. The number of unbranched alkanes of at least 4 members (excludes halogenated alkanes) is 2. The monoisotopic (exact) mass is 259 g/mol. The molecule has 0 fully saturated rings. The molecule has 0 aliphatic carbocycles. The van der Waals surface area contributed by atoms with Crippen LogP contribution < -0.4 is 0 Å². The van der Waals surface area contributed by atoms with Crippen LogP contribution in [0.2, 0.25) is 0 Å². The lowest BCUT2D eigenvalue weighted by atomic mass is 10.2. The third-order valence-corrected chi connectivity index (χ3v) is 3.38. The van der Waals surface area contributed by atoms with E-state index in [4.69, 9.17) is 5.53 Å². The predicted molar refractivity (Wildman–Crippen MR) is 78.4 cm³/mol. The lowest BCUT2D eigenvalue weighted by Crippen LogP contribution is -1.80. The first-order valence-corrected chi connectivity index (χ1v) is 6.75. The topological polar surface area (TPSA) is 48.8 Å². The Kier molecular flexibility index (Phi) is 7.53. The number of nitrogens with zero attached hydrogens (tertiary/aromatic N) is 3. The van der Waals surface area contributed by atoms with Crippen molar-refractivity contribution in [3.63, 3.8) is 0 Å². The molecule has 0 unspecified atom stereocenters. The second-order valence-electron chi connectivity index (χ2n) is 3.68. The van der Waals surface area contributed by atoms with E-state index in [0.717, 1.165) is 19.3 Å².